The zero-order chi connectivity index (χ0) is 16.3. The minimum absolute atomic E-state index is 0.125. The van der Waals surface area contributed by atoms with E-state index in [1.54, 1.807) is 37.3 Å². The van der Waals surface area contributed by atoms with Gasteiger partial charge in [-0.3, -0.25) is 4.79 Å². The fourth-order valence-corrected chi connectivity index (χ4v) is 2.27. The van der Waals surface area contributed by atoms with E-state index in [2.05, 4.69) is 5.32 Å². The maximum Gasteiger partial charge on any atom is 0.251 e. The second-order valence-corrected chi connectivity index (χ2v) is 6.20. The number of carbonyl (C=O) groups is 1. The van der Waals surface area contributed by atoms with Gasteiger partial charge < -0.3 is 10.4 Å². The highest BCUT2D eigenvalue weighted by Gasteiger charge is 2.24. The summed E-state index contributed by atoms with van der Waals surface area (Å²) in [5, 5.41) is 13.9. The molecular weight excluding hydrogens is 298 g/mol. The Morgan fingerprint density at radius 1 is 1.14 bits per heavy atom. The van der Waals surface area contributed by atoms with Crippen molar-refractivity contribution in [3.63, 3.8) is 0 Å². The summed E-state index contributed by atoms with van der Waals surface area (Å²) in [5.74, 6) is -0.197. The number of aryl methyl sites for hydroxylation is 2. The van der Waals surface area contributed by atoms with Crippen molar-refractivity contribution >= 4 is 17.5 Å². The predicted molar refractivity (Wildman–Crippen MR) is 89.3 cm³/mol. The second kappa shape index (κ2) is 6.51. The van der Waals surface area contributed by atoms with Gasteiger partial charge in [-0.05, 0) is 61.7 Å². The summed E-state index contributed by atoms with van der Waals surface area (Å²) in [6.07, 6.45) is 0. The zero-order valence-corrected chi connectivity index (χ0v) is 13.7. The van der Waals surface area contributed by atoms with E-state index >= 15 is 0 Å². The molecule has 2 aromatic carbocycles. The molecule has 2 rings (SSSR count). The topological polar surface area (TPSA) is 49.3 Å². The van der Waals surface area contributed by atoms with E-state index in [1.807, 2.05) is 26.0 Å². The highest BCUT2D eigenvalue weighted by Crippen LogP contribution is 2.22. The van der Waals surface area contributed by atoms with Crippen molar-refractivity contribution in [2.75, 3.05) is 6.54 Å². The van der Waals surface area contributed by atoms with Gasteiger partial charge in [0.1, 0.15) is 5.60 Å². The van der Waals surface area contributed by atoms with Crippen molar-refractivity contribution in [2.45, 2.75) is 26.4 Å². The van der Waals surface area contributed by atoms with Crippen molar-refractivity contribution < 1.29 is 9.90 Å². The molecule has 0 aliphatic rings. The first-order valence-corrected chi connectivity index (χ1v) is 7.51. The summed E-state index contributed by atoms with van der Waals surface area (Å²) in [7, 11) is 0. The van der Waals surface area contributed by atoms with E-state index in [0.29, 0.717) is 16.1 Å². The Morgan fingerprint density at radius 2 is 1.77 bits per heavy atom. The van der Waals surface area contributed by atoms with Gasteiger partial charge in [0.05, 0.1) is 6.54 Å². The second-order valence-electron chi connectivity index (χ2n) is 5.76. The number of benzene rings is 2. The van der Waals surface area contributed by atoms with Gasteiger partial charge in [-0.15, -0.1) is 0 Å². The van der Waals surface area contributed by atoms with E-state index in [0.717, 1.165) is 11.1 Å². The van der Waals surface area contributed by atoms with Crippen LogP contribution in [-0.4, -0.2) is 17.6 Å². The average molecular weight is 318 g/mol. The maximum atomic E-state index is 12.2. The number of aliphatic hydroxyl groups is 1. The molecule has 4 heteroatoms. The molecule has 1 unspecified atom stereocenters. The van der Waals surface area contributed by atoms with Crippen molar-refractivity contribution in [3.05, 3.63) is 69.7 Å². The van der Waals surface area contributed by atoms with Crippen molar-refractivity contribution in [1.29, 1.82) is 0 Å². The fraction of sp³-hybridized carbons (Fsp3) is 0.278. The minimum Gasteiger partial charge on any atom is -0.384 e. The molecule has 2 aromatic rings. The number of amides is 1. The Hall–Kier alpha value is -1.84. The van der Waals surface area contributed by atoms with Crippen molar-refractivity contribution in [1.82, 2.24) is 5.32 Å². The van der Waals surface area contributed by atoms with E-state index in [1.165, 1.54) is 0 Å². The molecule has 0 aliphatic carbocycles. The van der Waals surface area contributed by atoms with Gasteiger partial charge in [-0.2, -0.15) is 0 Å². The molecular formula is C18H20ClNO2. The molecule has 0 radical (unpaired) electrons. The Bertz CT molecular complexity index is 678. The van der Waals surface area contributed by atoms with Gasteiger partial charge in [0, 0.05) is 10.6 Å². The summed E-state index contributed by atoms with van der Waals surface area (Å²) < 4.78 is 0. The number of rotatable bonds is 4. The molecule has 0 saturated heterocycles. The van der Waals surface area contributed by atoms with E-state index in [4.69, 9.17) is 11.6 Å². The van der Waals surface area contributed by atoms with Crippen LogP contribution in [0.5, 0.6) is 0 Å². The van der Waals surface area contributed by atoms with Crippen LogP contribution in [0, 0.1) is 13.8 Å². The molecule has 0 spiro atoms. The van der Waals surface area contributed by atoms with Gasteiger partial charge in [0.2, 0.25) is 0 Å². The lowest BCUT2D eigenvalue weighted by atomic mass is 9.96. The Balaban J connectivity index is 2.06. The van der Waals surface area contributed by atoms with Gasteiger partial charge in [-0.1, -0.05) is 29.8 Å². The molecule has 1 atom stereocenters. The van der Waals surface area contributed by atoms with Gasteiger partial charge in [0.15, 0.2) is 0 Å². The summed E-state index contributed by atoms with van der Waals surface area (Å²) in [5.41, 5.74) is 2.36. The first-order chi connectivity index (χ1) is 10.3. The van der Waals surface area contributed by atoms with Crippen molar-refractivity contribution in [2.24, 2.45) is 0 Å². The van der Waals surface area contributed by atoms with Crippen LogP contribution < -0.4 is 5.32 Å². The smallest absolute Gasteiger partial charge is 0.251 e. The largest absolute Gasteiger partial charge is 0.384 e. The van der Waals surface area contributed by atoms with Gasteiger partial charge >= 0.3 is 0 Å². The van der Waals surface area contributed by atoms with Crippen LogP contribution in [-0.2, 0) is 5.60 Å². The highest BCUT2D eigenvalue weighted by molar-refractivity contribution is 6.30. The monoisotopic (exact) mass is 317 g/mol. The van der Waals surface area contributed by atoms with E-state index in [-0.39, 0.29) is 12.5 Å². The number of halogens is 1. The molecule has 0 saturated carbocycles. The Labute approximate surface area is 135 Å². The molecule has 116 valence electrons. The summed E-state index contributed by atoms with van der Waals surface area (Å²) in [6.45, 7) is 5.76. The quantitative estimate of drug-likeness (QED) is 0.905. The van der Waals surface area contributed by atoms with Crippen LogP contribution in [0.4, 0.5) is 0 Å². The third-order valence-electron chi connectivity index (χ3n) is 3.83. The maximum absolute atomic E-state index is 12.2. The fourth-order valence-electron chi connectivity index (χ4n) is 2.15. The molecule has 2 N–H and O–H groups in total. The molecule has 0 heterocycles. The summed E-state index contributed by atoms with van der Waals surface area (Å²) >= 11 is 5.85. The highest BCUT2D eigenvalue weighted by atomic mass is 35.5. The Kier molecular flexibility index (Phi) is 4.89. The van der Waals surface area contributed by atoms with Gasteiger partial charge in [-0.25, -0.2) is 0 Å². The third-order valence-corrected chi connectivity index (χ3v) is 4.08. The van der Waals surface area contributed by atoms with Crippen LogP contribution in [0.2, 0.25) is 5.02 Å². The zero-order valence-electron chi connectivity index (χ0n) is 13.0. The molecule has 0 aliphatic heterocycles. The van der Waals surface area contributed by atoms with Crippen LogP contribution in [0.15, 0.2) is 42.5 Å². The lowest BCUT2D eigenvalue weighted by molar-refractivity contribution is 0.0526. The first-order valence-electron chi connectivity index (χ1n) is 7.13. The van der Waals surface area contributed by atoms with Crippen LogP contribution in [0.25, 0.3) is 0 Å². The SMILES string of the molecule is Cc1ccc(C(=O)NCC(C)(O)c2ccc(Cl)cc2)cc1C. The minimum atomic E-state index is -1.15. The van der Waals surface area contributed by atoms with Gasteiger partial charge in [0.25, 0.3) is 5.91 Å². The van der Waals surface area contributed by atoms with Crippen molar-refractivity contribution in [3.8, 4) is 0 Å². The third kappa shape index (κ3) is 3.87. The lowest BCUT2D eigenvalue weighted by Gasteiger charge is -2.24. The normalized spacial score (nSPS) is 13.5. The van der Waals surface area contributed by atoms with Crippen LogP contribution in [0.1, 0.15) is 34.0 Å². The number of hydrogen-bond donors (Lipinski definition) is 2. The number of carbonyl (C=O) groups excluding carboxylic acids is 1. The van der Waals surface area contributed by atoms with Crippen LogP contribution in [0.3, 0.4) is 0 Å². The molecule has 3 nitrogen and oxygen atoms in total. The van der Waals surface area contributed by atoms with Crippen LogP contribution >= 0.6 is 11.6 Å². The Morgan fingerprint density at radius 3 is 2.36 bits per heavy atom. The lowest BCUT2D eigenvalue weighted by Crippen LogP contribution is -2.38. The van der Waals surface area contributed by atoms with E-state index < -0.39 is 5.60 Å². The molecule has 22 heavy (non-hydrogen) atoms. The standard InChI is InChI=1S/C18H20ClNO2/c1-12-4-5-14(10-13(12)2)17(21)20-11-18(3,22)15-6-8-16(19)9-7-15/h4-10,22H,11H2,1-3H3,(H,20,21). The molecule has 0 bridgehead atoms. The molecule has 1 amide bonds. The average Bonchev–Trinajstić information content (AvgIpc) is 2.48. The summed E-state index contributed by atoms with van der Waals surface area (Å²) in [4.78, 5) is 12.2. The molecule has 0 aromatic heterocycles. The first kappa shape index (κ1) is 16.5. The number of nitrogens with one attached hydrogen (secondary N) is 1. The van der Waals surface area contributed by atoms with E-state index in [9.17, 15) is 9.90 Å². The predicted octanol–water partition coefficient (Wildman–Crippen LogP) is 3.59. The summed E-state index contributed by atoms with van der Waals surface area (Å²) in [6, 6.07) is 12.5. The number of hydrogen-bond acceptors (Lipinski definition) is 2. The molecule has 0 fully saturated rings.